The zero-order chi connectivity index (χ0) is 15.0. The number of nitrogens with one attached hydrogen (secondary N) is 1. The van der Waals surface area contributed by atoms with Crippen LogP contribution in [0.5, 0.6) is 0 Å². The predicted molar refractivity (Wildman–Crippen MR) is 83.5 cm³/mol. The number of benzene rings is 1. The lowest BCUT2D eigenvalue weighted by molar-refractivity contribution is 0.0981. The van der Waals surface area contributed by atoms with Gasteiger partial charge >= 0.3 is 0 Å². The number of halogens is 1. The molecule has 3 rings (SSSR count). The summed E-state index contributed by atoms with van der Waals surface area (Å²) in [6.07, 6.45) is 2.34. The van der Waals surface area contributed by atoms with Gasteiger partial charge in [0.25, 0.3) is 5.91 Å². The summed E-state index contributed by atoms with van der Waals surface area (Å²) >= 11 is 6.04. The third kappa shape index (κ3) is 2.34. The van der Waals surface area contributed by atoms with Crippen LogP contribution in [0.25, 0.3) is 0 Å². The molecule has 0 spiro atoms. The van der Waals surface area contributed by atoms with Crippen LogP contribution in [0.1, 0.15) is 22.8 Å². The number of para-hydroxylation sites is 1. The molecule has 0 saturated carbocycles. The van der Waals surface area contributed by atoms with Crippen molar-refractivity contribution in [1.82, 2.24) is 4.98 Å². The second-order valence-electron chi connectivity index (χ2n) is 5.06. The smallest absolute Gasteiger partial charge is 0.260 e. The van der Waals surface area contributed by atoms with E-state index in [0.717, 1.165) is 12.1 Å². The molecular weight excluding hydrogens is 288 g/mol. The fourth-order valence-electron chi connectivity index (χ4n) is 2.68. The molecule has 2 aromatic rings. The van der Waals surface area contributed by atoms with Crippen LogP contribution < -0.4 is 16.2 Å². The number of carbonyl (C=O) groups excluding carboxylic acids is 1. The molecule has 0 radical (unpaired) electrons. The Morgan fingerprint density at radius 3 is 2.95 bits per heavy atom. The molecule has 3 N–H and O–H groups in total. The zero-order valence-electron chi connectivity index (χ0n) is 11.5. The monoisotopic (exact) mass is 302 g/mol. The topological polar surface area (TPSA) is 71.2 Å². The molecule has 1 atom stereocenters. The summed E-state index contributed by atoms with van der Waals surface area (Å²) in [7, 11) is 0. The average Bonchev–Trinajstić information content (AvgIpc) is 2.82. The highest BCUT2D eigenvalue weighted by Crippen LogP contribution is 2.33. The number of hydrogen-bond donors (Lipinski definition) is 2. The number of hydrogen-bond acceptors (Lipinski definition) is 4. The van der Waals surface area contributed by atoms with E-state index >= 15 is 0 Å². The number of carbonyl (C=O) groups is 1. The maximum atomic E-state index is 12.7. The minimum Gasteiger partial charge on any atom is -0.307 e. The molecule has 0 aliphatic carbocycles. The molecule has 0 bridgehead atoms. The van der Waals surface area contributed by atoms with E-state index in [1.54, 1.807) is 11.0 Å². The van der Waals surface area contributed by atoms with Gasteiger partial charge in [0.2, 0.25) is 0 Å². The number of hydrazine groups is 1. The maximum Gasteiger partial charge on any atom is 0.260 e. The molecule has 1 unspecified atom stereocenters. The van der Waals surface area contributed by atoms with Gasteiger partial charge in [-0.05, 0) is 31.0 Å². The van der Waals surface area contributed by atoms with Gasteiger partial charge in [0, 0.05) is 17.9 Å². The molecule has 1 aromatic carbocycles. The van der Waals surface area contributed by atoms with Gasteiger partial charge in [-0.3, -0.25) is 4.79 Å². The Labute approximate surface area is 127 Å². The fourth-order valence-corrected chi connectivity index (χ4v) is 2.90. The molecule has 5 nitrogen and oxygen atoms in total. The quantitative estimate of drug-likeness (QED) is 0.661. The van der Waals surface area contributed by atoms with Crippen LogP contribution in [0.4, 0.5) is 11.5 Å². The molecule has 1 aliphatic rings. The molecule has 0 fully saturated rings. The van der Waals surface area contributed by atoms with Gasteiger partial charge in [-0.25, -0.2) is 10.8 Å². The van der Waals surface area contributed by atoms with Crippen LogP contribution in [0.3, 0.4) is 0 Å². The molecule has 21 heavy (non-hydrogen) atoms. The molecule has 1 aliphatic heterocycles. The highest BCUT2D eigenvalue weighted by Gasteiger charge is 2.31. The molecular formula is C15H15ClN4O. The third-order valence-electron chi connectivity index (χ3n) is 3.65. The van der Waals surface area contributed by atoms with Crippen LogP contribution in [0.2, 0.25) is 5.02 Å². The first-order valence-corrected chi connectivity index (χ1v) is 7.03. The Balaban J connectivity index is 1.97. The number of nitrogens with two attached hydrogens (primary N) is 1. The van der Waals surface area contributed by atoms with E-state index < -0.39 is 0 Å². The number of rotatable bonds is 2. The van der Waals surface area contributed by atoms with Crippen molar-refractivity contribution in [1.29, 1.82) is 0 Å². The second kappa shape index (κ2) is 5.35. The van der Waals surface area contributed by atoms with Crippen LogP contribution in [-0.4, -0.2) is 16.9 Å². The van der Waals surface area contributed by atoms with Gasteiger partial charge in [0.15, 0.2) is 5.82 Å². The summed E-state index contributed by atoms with van der Waals surface area (Å²) < 4.78 is 0. The zero-order valence-corrected chi connectivity index (χ0v) is 12.3. The normalized spacial score (nSPS) is 16.7. The van der Waals surface area contributed by atoms with Gasteiger partial charge in [0.1, 0.15) is 0 Å². The Hall–Kier alpha value is -2.11. The first-order chi connectivity index (χ1) is 10.1. The van der Waals surface area contributed by atoms with Crippen molar-refractivity contribution in [2.24, 2.45) is 5.84 Å². The van der Waals surface area contributed by atoms with Gasteiger partial charge < -0.3 is 10.3 Å². The van der Waals surface area contributed by atoms with Crippen molar-refractivity contribution in [3.63, 3.8) is 0 Å². The van der Waals surface area contributed by atoms with Crippen LogP contribution in [0, 0.1) is 0 Å². The summed E-state index contributed by atoms with van der Waals surface area (Å²) in [6, 6.07) is 9.62. The minimum absolute atomic E-state index is 0.106. The number of nitrogens with zero attached hydrogens (tertiary/aromatic N) is 2. The summed E-state index contributed by atoms with van der Waals surface area (Å²) in [4.78, 5) is 18.6. The fraction of sp³-hybridized carbons (Fsp3) is 0.200. The van der Waals surface area contributed by atoms with Crippen LogP contribution in [0.15, 0.2) is 36.5 Å². The molecule has 2 heterocycles. The molecule has 1 amide bonds. The summed E-state index contributed by atoms with van der Waals surface area (Å²) in [5.41, 5.74) is 4.96. The first-order valence-electron chi connectivity index (χ1n) is 6.65. The predicted octanol–water partition coefficient (Wildman–Crippen LogP) is 2.61. The molecule has 6 heteroatoms. The third-order valence-corrected chi connectivity index (χ3v) is 3.94. The molecule has 1 aromatic heterocycles. The Bertz CT molecular complexity index is 704. The highest BCUT2D eigenvalue weighted by molar-refractivity contribution is 6.33. The minimum atomic E-state index is -0.106. The van der Waals surface area contributed by atoms with Crippen molar-refractivity contribution in [3.8, 4) is 0 Å². The SMILES string of the molecule is CC1Cc2ccccc2N1C(=O)c1cnc(NN)c(Cl)c1. The number of nitrogen functional groups attached to an aromatic ring is 1. The molecule has 0 saturated heterocycles. The Kier molecular flexibility index (Phi) is 3.53. The van der Waals surface area contributed by atoms with E-state index in [0.29, 0.717) is 16.4 Å². The van der Waals surface area contributed by atoms with Crippen molar-refractivity contribution in [2.45, 2.75) is 19.4 Å². The summed E-state index contributed by atoms with van der Waals surface area (Å²) in [5.74, 6) is 5.54. The summed E-state index contributed by atoms with van der Waals surface area (Å²) in [5, 5.41) is 0.323. The number of pyridine rings is 1. The standard InChI is InChI=1S/C15H15ClN4O/c1-9-6-10-4-2-3-5-13(10)20(9)15(21)11-7-12(16)14(19-17)18-8-11/h2-5,7-9H,6,17H2,1H3,(H,18,19). The Morgan fingerprint density at radius 1 is 1.48 bits per heavy atom. The van der Waals surface area contributed by atoms with Crippen molar-refractivity contribution in [3.05, 3.63) is 52.7 Å². The van der Waals surface area contributed by atoms with Gasteiger partial charge in [-0.1, -0.05) is 29.8 Å². The number of aromatic nitrogens is 1. The van der Waals surface area contributed by atoms with E-state index in [2.05, 4.69) is 10.4 Å². The van der Waals surface area contributed by atoms with Crippen LogP contribution >= 0.6 is 11.6 Å². The lowest BCUT2D eigenvalue weighted by atomic mass is 10.1. The van der Waals surface area contributed by atoms with E-state index in [-0.39, 0.29) is 11.9 Å². The van der Waals surface area contributed by atoms with E-state index in [9.17, 15) is 4.79 Å². The van der Waals surface area contributed by atoms with E-state index in [1.807, 2.05) is 31.2 Å². The lowest BCUT2D eigenvalue weighted by Gasteiger charge is -2.22. The van der Waals surface area contributed by atoms with E-state index in [1.165, 1.54) is 11.8 Å². The Morgan fingerprint density at radius 2 is 2.24 bits per heavy atom. The van der Waals surface area contributed by atoms with Gasteiger partial charge in [-0.15, -0.1) is 0 Å². The first kappa shape index (κ1) is 13.9. The van der Waals surface area contributed by atoms with Gasteiger partial charge in [0.05, 0.1) is 10.6 Å². The maximum absolute atomic E-state index is 12.7. The van der Waals surface area contributed by atoms with Crippen molar-refractivity contribution < 1.29 is 4.79 Å². The average molecular weight is 303 g/mol. The van der Waals surface area contributed by atoms with Gasteiger partial charge in [-0.2, -0.15) is 0 Å². The number of anilines is 2. The highest BCUT2D eigenvalue weighted by atomic mass is 35.5. The second-order valence-corrected chi connectivity index (χ2v) is 5.46. The van der Waals surface area contributed by atoms with Crippen molar-refractivity contribution >= 4 is 29.0 Å². The summed E-state index contributed by atoms with van der Waals surface area (Å²) in [6.45, 7) is 2.03. The van der Waals surface area contributed by atoms with Crippen molar-refractivity contribution in [2.75, 3.05) is 10.3 Å². The largest absolute Gasteiger partial charge is 0.307 e. The number of amides is 1. The lowest BCUT2D eigenvalue weighted by Crippen LogP contribution is -2.35. The van der Waals surface area contributed by atoms with E-state index in [4.69, 9.17) is 17.4 Å². The number of fused-ring (bicyclic) bond motifs is 1. The van der Waals surface area contributed by atoms with Crippen LogP contribution in [-0.2, 0) is 6.42 Å². The molecule has 108 valence electrons.